The van der Waals surface area contributed by atoms with E-state index < -0.39 is 0 Å². The molecule has 1 aromatic heterocycles. The fraction of sp³-hybridized carbons (Fsp3) is 0.438. The molecule has 0 aliphatic heterocycles. The van der Waals surface area contributed by atoms with E-state index in [1.54, 1.807) is 0 Å². The Morgan fingerprint density at radius 2 is 1.95 bits per heavy atom. The molecule has 0 spiro atoms. The van der Waals surface area contributed by atoms with Crippen LogP contribution in [0.5, 0.6) is 0 Å². The molecule has 1 aliphatic carbocycles. The van der Waals surface area contributed by atoms with Crippen LogP contribution in [0.25, 0.3) is 5.69 Å². The van der Waals surface area contributed by atoms with Crippen LogP contribution in [0.15, 0.2) is 24.4 Å². The first-order valence-electron chi connectivity index (χ1n) is 7.02. The van der Waals surface area contributed by atoms with Crippen LogP contribution in [0.3, 0.4) is 0 Å². The minimum absolute atomic E-state index is 0.461. The molecule has 0 fully saturated rings. The zero-order valence-corrected chi connectivity index (χ0v) is 11.9. The highest BCUT2D eigenvalue weighted by atomic mass is 15.3. The second-order valence-electron chi connectivity index (χ2n) is 5.54. The highest BCUT2D eigenvalue weighted by molar-refractivity contribution is 5.42. The summed E-state index contributed by atoms with van der Waals surface area (Å²) in [4.78, 5) is 0. The van der Waals surface area contributed by atoms with Crippen molar-refractivity contribution in [2.45, 2.75) is 39.2 Å². The van der Waals surface area contributed by atoms with Crippen LogP contribution in [0.2, 0.25) is 0 Å². The molecule has 1 unspecified atom stereocenters. The molecule has 0 radical (unpaired) electrons. The van der Waals surface area contributed by atoms with Gasteiger partial charge in [0.15, 0.2) is 0 Å². The van der Waals surface area contributed by atoms with Gasteiger partial charge in [-0.25, -0.2) is 4.68 Å². The molecule has 0 amide bonds. The van der Waals surface area contributed by atoms with Crippen molar-refractivity contribution in [3.05, 3.63) is 46.8 Å². The highest BCUT2D eigenvalue weighted by Crippen LogP contribution is 2.30. The van der Waals surface area contributed by atoms with E-state index in [1.165, 1.54) is 40.9 Å². The van der Waals surface area contributed by atoms with E-state index in [4.69, 9.17) is 0 Å². The molecule has 3 rings (SSSR count). The standard InChI is InChI=1S/C16H21N3/c1-11-7-12(2)9-13(8-11)19-16-6-4-5-15(17-3)14(16)10-18-19/h7-10,15,17H,4-6H2,1-3H3. The lowest BCUT2D eigenvalue weighted by atomic mass is 9.93. The summed E-state index contributed by atoms with van der Waals surface area (Å²) in [5.74, 6) is 0. The summed E-state index contributed by atoms with van der Waals surface area (Å²) in [6.07, 6.45) is 5.60. The summed E-state index contributed by atoms with van der Waals surface area (Å²) >= 11 is 0. The summed E-state index contributed by atoms with van der Waals surface area (Å²) in [5, 5.41) is 8.02. The van der Waals surface area contributed by atoms with E-state index in [-0.39, 0.29) is 0 Å². The summed E-state index contributed by atoms with van der Waals surface area (Å²) in [6.45, 7) is 4.28. The summed E-state index contributed by atoms with van der Waals surface area (Å²) in [7, 11) is 2.04. The van der Waals surface area contributed by atoms with Crippen molar-refractivity contribution in [3.63, 3.8) is 0 Å². The quantitative estimate of drug-likeness (QED) is 0.893. The molecular formula is C16H21N3. The first-order chi connectivity index (χ1) is 9.19. The molecule has 2 aromatic rings. The zero-order valence-electron chi connectivity index (χ0n) is 11.9. The lowest BCUT2D eigenvalue weighted by Crippen LogP contribution is -2.21. The zero-order chi connectivity index (χ0) is 13.4. The van der Waals surface area contributed by atoms with E-state index in [0.29, 0.717) is 6.04 Å². The number of hydrogen-bond donors (Lipinski definition) is 1. The highest BCUT2D eigenvalue weighted by Gasteiger charge is 2.23. The molecule has 19 heavy (non-hydrogen) atoms. The molecule has 1 atom stereocenters. The Morgan fingerprint density at radius 3 is 2.63 bits per heavy atom. The van der Waals surface area contributed by atoms with Crippen molar-refractivity contribution >= 4 is 0 Å². The van der Waals surface area contributed by atoms with Crippen molar-refractivity contribution in [2.24, 2.45) is 0 Å². The maximum atomic E-state index is 4.63. The molecule has 3 nitrogen and oxygen atoms in total. The lowest BCUT2D eigenvalue weighted by Gasteiger charge is -2.22. The van der Waals surface area contributed by atoms with Crippen LogP contribution in [0.4, 0.5) is 0 Å². The Bertz CT molecular complexity index is 578. The molecule has 1 aromatic carbocycles. The third-order valence-corrected chi connectivity index (χ3v) is 3.98. The summed E-state index contributed by atoms with van der Waals surface area (Å²) < 4.78 is 2.12. The van der Waals surface area contributed by atoms with Gasteiger partial charge < -0.3 is 5.32 Å². The number of fused-ring (bicyclic) bond motifs is 1. The van der Waals surface area contributed by atoms with Gasteiger partial charge in [0.1, 0.15) is 0 Å². The number of aromatic nitrogens is 2. The minimum atomic E-state index is 0.461. The molecule has 1 heterocycles. The van der Waals surface area contributed by atoms with E-state index in [0.717, 1.165) is 6.42 Å². The first kappa shape index (κ1) is 12.4. The van der Waals surface area contributed by atoms with Crippen LogP contribution >= 0.6 is 0 Å². The number of aryl methyl sites for hydroxylation is 2. The number of hydrogen-bond acceptors (Lipinski definition) is 2. The van der Waals surface area contributed by atoms with Gasteiger partial charge in [0.25, 0.3) is 0 Å². The van der Waals surface area contributed by atoms with Gasteiger partial charge in [-0.3, -0.25) is 0 Å². The number of nitrogens with one attached hydrogen (secondary N) is 1. The van der Waals surface area contributed by atoms with Gasteiger partial charge in [0, 0.05) is 17.3 Å². The minimum Gasteiger partial charge on any atom is -0.313 e. The largest absolute Gasteiger partial charge is 0.313 e. The topological polar surface area (TPSA) is 29.9 Å². The van der Waals surface area contributed by atoms with Crippen LogP contribution in [-0.2, 0) is 6.42 Å². The van der Waals surface area contributed by atoms with Crippen LogP contribution in [0.1, 0.15) is 41.3 Å². The van der Waals surface area contributed by atoms with Gasteiger partial charge in [-0.15, -0.1) is 0 Å². The molecule has 0 bridgehead atoms. The van der Waals surface area contributed by atoms with Crippen LogP contribution < -0.4 is 5.32 Å². The lowest BCUT2D eigenvalue weighted by molar-refractivity contribution is 0.490. The third-order valence-electron chi connectivity index (χ3n) is 3.98. The fourth-order valence-corrected chi connectivity index (χ4v) is 3.15. The van der Waals surface area contributed by atoms with Crippen LogP contribution in [-0.4, -0.2) is 16.8 Å². The van der Waals surface area contributed by atoms with E-state index in [1.807, 2.05) is 13.2 Å². The monoisotopic (exact) mass is 255 g/mol. The molecule has 0 saturated carbocycles. The molecular weight excluding hydrogens is 234 g/mol. The van der Waals surface area contributed by atoms with E-state index in [2.05, 4.69) is 47.1 Å². The fourth-order valence-electron chi connectivity index (χ4n) is 3.15. The molecule has 1 N–H and O–H groups in total. The van der Waals surface area contributed by atoms with Crippen molar-refractivity contribution in [3.8, 4) is 5.69 Å². The maximum absolute atomic E-state index is 4.63. The van der Waals surface area contributed by atoms with Crippen molar-refractivity contribution in [1.29, 1.82) is 0 Å². The van der Waals surface area contributed by atoms with Gasteiger partial charge >= 0.3 is 0 Å². The van der Waals surface area contributed by atoms with Crippen molar-refractivity contribution < 1.29 is 0 Å². The Labute approximate surface area is 114 Å². The summed E-state index contributed by atoms with van der Waals surface area (Å²) in [6, 6.07) is 7.09. The second-order valence-corrected chi connectivity index (χ2v) is 5.54. The van der Waals surface area contributed by atoms with E-state index >= 15 is 0 Å². The van der Waals surface area contributed by atoms with Gasteiger partial charge in [-0.05, 0) is 63.4 Å². The van der Waals surface area contributed by atoms with Crippen molar-refractivity contribution in [2.75, 3.05) is 7.05 Å². The van der Waals surface area contributed by atoms with Gasteiger partial charge in [-0.2, -0.15) is 5.10 Å². The molecule has 3 heteroatoms. The predicted octanol–water partition coefficient (Wildman–Crippen LogP) is 3.09. The number of benzene rings is 1. The van der Waals surface area contributed by atoms with Gasteiger partial charge in [0.2, 0.25) is 0 Å². The Morgan fingerprint density at radius 1 is 1.21 bits per heavy atom. The number of rotatable bonds is 2. The van der Waals surface area contributed by atoms with Crippen molar-refractivity contribution in [1.82, 2.24) is 15.1 Å². The maximum Gasteiger partial charge on any atom is 0.0654 e. The smallest absolute Gasteiger partial charge is 0.0654 e. The van der Waals surface area contributed by atoms with E-state index in [9.17, 15) is 0 Å². The normalized spacial score (nSPS) is 18.4. The number of nitrogens with zero attached hydrogens (tertiary/aromatic N) is 2. The molecule has 100 valence electrons. The third kappa shape index (κ3) is 2.19. The van der Waals surface area contributed by atoms with Gasteiger partial charge in [0.05, 0.1) is 11.9 Å². The Kier molecular flexibility index (Phi) is 3.15. The SMILES string of the molecule is CNC1CCCc2c1cnn2-c1cc(C)cc(C)c1. The van der Waals surface area contributed by atoms with Gasteiger partial charge in [-0.1, -0.05) is 6.07 Å². The predicted molar refractivity (Wildman–Crippen MR) is 77.8 cm³/mol. The first-order valence-corrected chi connectivity index (χ1v) is 7.02. The molecule has 0 saturated heterocycles. The Hall–Kier alpha value is -1.61. The van der Waals surface area contributed by atoms with Crippen LogP contribution in [0, 0.1) is 13.8 Å². The second kappa shape index (κ2) is 4.82. The average Bonchev–Trinajstić information content (AvgIpc) is 2.81. The summed E-state index contributed by atoms with van der Waals surface area (Å²) in [5.41, 5.74) is 6.51. The Balaban J connectivity index is 2.09. The average molecular weight is 255 g/mol. The molecule has 1 aliphatic rings.